The highest BCUT2D eigenvalue weighted by molar-refractivity contribution is 6.18. The minimum Gasteiger partial charge on any atom is -0.364 e. The maximum Gasteiger partial charge on any atom is 0.276 e. The second-order valence-electron chi connectivity index (χ2n) is 4.06. The Balaban J connectivity index is 1.92. The van der Waals surface area contributed by atoms with Crippen LogP contribution in [-0.4, -0.2) is 59.5 Å². The van der Waals surface area contributed by atoms with Gasteiger partial charge in [-0.1, -0.05) is 5.16 Å². The van der Waals surface area contributed by atoms with Crippen LogP contribution < -0.4 is 0 Å². The Hall–Kier alpha value is -1.07. The summed E-state index contributed by atoms with van der Waals surface area (Å²) in [6.45, 7) is 4.24. The van der Waals surface area contributed by atoms with Gasteiger partial charge in [-0.2, -0.15) is 0 Å². The fourth-order valence-corrected chi connectivity index (χ4v) is 2.24. The van der Waals surface area contributed by atoms with Gasteiger partial charge in [-0.25, -0.2) is 0 Å². The molecule has 1 amide bonds. The lowest BCUT2D eigenvalue weighted by molar-refractivity contribution is 0.0751. The highest BCUT2D eigenvalue weighted by atomic mass is 35.5. The van der Waals surface area contributed by atoms with E-state index < -0.39 is 0 Å². The van der Waals surface area contributed by atoms with Gasteiger partial charge in [-0.05, 0) is 13.0 Å². The van der Waals surface area contributed by atoms with Crippen molar-refractivity contribution in [1.82, 2.24) is 15.0 Å². The van der Waals surface area contributed by atoms with Gasteiger partial charge in [0.25, 0.3) is 5.91 Å². The van der Waals surface area contributed by atoms with Gasteiger partial charge in [0, 0.05) is 38.1 Å². The van der Waals surface area contributed by atoms with Crippen LogP contribution in [0.5, 0.6) is 0 Å². The molecule has 94 valence electrons. The van der Waals surface area contributed by atoms with Crippen molar-refractivity contribution in [1.29, 1.82) is 0 Å². The number of alkyl halides is 1. The molecule has 0 radical (unpaired) electrons. The Morgan fingerprint density at radius 1 is 1.41 bits per heavy atom. The van der Waals surface area contributed by atoms with Crippen molar-refractivity contribution in [3.8, 4) is 0 Å². The van der Waals surface area contributed by atoms with E-state index in [0.29, 0.717) is 11.6 Å². The van der Waals surface area contributed by atoms with Crippen molar-refractivity contribution in [2.24, 2.45) is 0 Å². The van der Waals surface area contributed by atoms with Crippen LogP contribution in [0.3, 0.4) is 0 Å². The predicted octanol–water partition coefficient (Wildman–Crippen LogP) is 1.06. The highest BCUT2D eigenvalue weighted by Crippen LogP contribution is 2.07. The van der Waals surface area contributed by atoms with Gasteiger partial charge < -0.3 is 14.3 Å². The topological polar surface area (TPSA) is 49.6 Å². The number of rotatable bonds is 3. The summed E-state index contributed by atoms with van der Waals surface area (Å²) >= 11 is 5.72. The Morgan fingerprint density at radius 2 is 2.29 bits per heavy atom. The molecule has 1 aromatic rings. The molecule has 0 aliphatic carbocycles. The molecule has 0 N–H and O–H groups in total. The van der Waals surface area contributed by atoms with E-state index in [4.69, 9.17) is 16.1 Å². The molecule has 0 spiro atoms. The number of carbonyl (C=O) groups excluding carboxylic acids is 1. The number of nitrogens with zero attached hydrogens (tertiary/aromatic N) is 3. The van der Waals surface area contributed by atoms with Crippen LogP contribution >= 0.6 is 11.6 Å². The summed E-state index contributed by atoms with van der Waals surface area (Å²) in [6, 6.07) is 1.60. The standard InChI is InChI=1S/C11H16ClN3O2/c12-3-6-14-4-1-5-15(8-7-14)11(16)10-2-9-17-13-10/h2,9H,1,3-8H2. The summed E-state index contributed by atoms with van der Waals surface area (Å²) in [5.41, 5.74) is 0.385. The minimum atomic E-state index is -0.0496. The van der Waals surface area contributed by atoms with Gasteiger partial charge >= 0.3 is 0 Å². The number of aromatic nitrogens is 1. The van der Waals surface area contributed by atoms with E-state index in [2.05, 4.69) is 10.1 Å². The lowest BCUT2D eigenvalue weighted by Crippen LogP contribution is -2.35. The predicted molar refractivity (Wildman–Crippen MR) is 64.2 cm³/mol. The fourth-order valence-electron chi connectivity index (χ4n) is 2.00. The van der Waals surface area contributed by atoms with Crippen LogP contribution in [0, 0.1) is 0 Å². The van der Waals surface area contributed by atoms with E-state index in [1.165, 1.54) is 6.26 Å². The molecule has 1 aliphatic heterocycles. The van der Waals surface area contributed by atoms with E-state index in [1.807, 2.05) is 4.90 Å². The third-order valence-electron chi connectivity index (χ3n) is 2.93. The van der Waals surface area contributed by atoms with Crippen molar-refractivity contribution < 1.29 is 9.32 Å². The second kappa shape index (κ2) is 6.02. The number of hydrogen-bond donors (Lipinski definition) is 0. The summed E-state index contributed by atoms with van der Waals surface area (Å²) in [4.78, 5) is 16.1. The summed E-state index contributed by atoms with van der Waals surface area (Å²) in [6.07, 6.45) is 2.39. The van der Waals surface area contributed by atoms with Crippen LogP contribution in [0.4, 0.5) is 0 Å². The Kier molecular flexibility index (Phi) is 4.39. The van der Waals surface area contributed by atoms with Crippen LogP contribution in [-0.2, 0) is 0 Å². The van der Waals surface area contributed by atoms with Crippen LogP contribution in [0.15, 0.2) is 16.9 Å². The van der Waals surface area contributed by atoms with E-state index in [1.54, 1.807) is 6.07 Å². The van der Waals surface area contributed by atoms with E-state index >= 15 is 0 Å². The first-order valence-corrected chi connectivity index (χ1v) is 6.32. The molecule has 0 atom stereocenters. The average molecular weight is 258 g/mol. The average Bonchev–Trinajstić information content (AvgIpc) is 2.76. The minimum absolute atomic E-state index is 0.0496. The highest BCUT2D eigenvalue weighted by Gasteiger charge is 2.21. The largest absolute Gasteiger partial charge is 0.364 e. The molecule has 0 bridgehead atoms. The van der Waals surface area contributed by atoms with Gasteiger partial charge in [0.05, 0.1) is 0 Å². The zero-order valence-electron chi connectivity index (χ0n) is 9.64. The normalized spacial score (nSPS) is 18.1. The molecule has 1 aliphatic rings. The quantitative estimate of drug-likeness (QED) is 0.760. The third kappa shape index (κ3) is 3.20. The summed E-state index contributed by atoms with van der Waals surface area (Å²) in [7, 11) is 0. The van der Waals surface area contributed by atoms with Crippen molar-refractivity contribution in [3.05, 3.63) is 18.0 Å². The van der Waals surface area contributed by atoms with Gasteiger partial charge in [0.15, 0.2) is 5.69 Å². The molecule has 2 heterocycles. The van der Waals surface area contributed by atoms with Crippen molar-refractivity contribution in [2.45, 2.75) is 6.42 Å². The number of amides is 1. The zero-order valence-corrected chi connectivity index (χ0v) is 10.4. The van der Waals surface area contributed by atoms with E-state index in [-0.39, 0.29) is 5.91 Å². The first-order chi connectivity index (χ1) is 8.31. The molecule has 1 aromatic heterocycles. The molecule has 1 fully saturated rings. The summed E-state index contributed by atoms with van der Waals surface area (Å²) in [5.74, 6) is 0.587. The fraction of sp³-hybridized carbons (Fsp3) is 0.636. The maximum absolute atomic E-state index is 12.0. The van der Waals surface area contributed by atoms with Gasteiger partial charge in [0.2, 0.25) is 0 Å². The molecular weight excluding hydrogens is 242 g/mol. The lowest BCUT2D eigenvalue weighted by atomic mass is 10.3. The summed E-state index contributed by atoms with van der Waals surface area (Å²) < 4.78 is 4.69. The lowest BCUT2D eigenvalue weighted by Gasteiger charge is -2.20. The molecule has 0 unspecified atom stereocenters. The SMILES string of the molecule is O=C(c1ccon1)N1CCCN(CCCl)CC1. The Labute approximate surface area is 105 Å². The smallest absolute Gasteiger partial charge is 0.276 e. The molecule has 5 nitrogen and oxygen atoms in total. The van der Waals surface area contributed by atoms with Gasteiger partial charge in [-0.15, -0.1) is 11.6 Å². The maximum atomic E-state index is 12.0. The van der Waals surface area contributed by atoms with Crippen molar-refractivity contribution >= 4 is 17.5 Å². The molecule has 0 saturated carbocycles. The molecule has 0 aromatic carbocycles. The van der Waals surface area contributed by atoms with Gasteiger partial charge in [-0.3, -0.25) is 4.79 Å². The number of halogens is 1. The first-order valence-electron chi connectivity index (χ1n) is 5.79. The third-order valence-corrected chi connectivity index (χ3v) is 3.10. The molecule has 1 saturated heterocycles. The molecule has 17 heavy (non-hydrogen) atoms. The number of hydrogen-bond acceptors (Lipinski definition) is 4. The molecular formula is C11H16ClN3O2. The number of carbonyl (C=O) groups is 1. The van der Waals surface area contributed by atoms with Crippen LogP contribution in [0.1, 0.15) is 16.9 Å². The van der Waals surface area contributed by atoms with Gasteiger partial charge in [0.1, 0.15) is 6.26 Å². The molecule has 2 rings (SSSR count). The van der Waals surface area contributed by atoms with Crippen molar-refractivity contribution in [2.75, 3.05) is 38.6 Å². The van der Waals surface area contributed by atoms with Crippen LogP contribution in [0.2, 0.25) is 0 Å². The zero-order chi connectivity index (χ0) is 12.1. The second-order valence-corrected chi connectivity index (χ2v) is 4.44. The van der Waals surface area contributed by atoms with Crippen molar-refractivity contribution in [3.63, 3.8) is 0 Å². The van der Waals surface area contributed by atoms with E-state index in [0.717, 1.165) is 39.1 Å². The Bertz CT molecular complexity index is 356. The molecule has 6 heteroatoms. The summed E-state index contributed by atoms with van der Waals surface area (Å²) in [5, 5.41) is 3.68. The Morgan fingerprint density at radius 3 is 3.00 bits per heavy atom. The van der Waals surface area contributed by atoms with E-state index in [9.17, 15) is 4.79 Å². The van der Waals surface area contributed by atoms with Crippen LogP contribution in [0.25, 0.3) is 0 Å². The monoisotopic (exact) mass is 257 g/mol. The first kappa shape index (κ1) is 12.4.